The molecule has 1 rings (SSSR count). The SMILES string of the molecule is N#CCc1ncc(F)c(C(F)F)c1Cl. The molecule has 0 aliphatic carbocycles. The minimum atomic E-state index is -3.01. The molecule has 0 atom stereocenters. The van der Waals surface area contributed by atoms with Crippen LogP contribution in [0, 0.1) is 17.1 Å². The molecule has 0 aliphatic heterocycles. The Balaban J connectivity index is 3.28. The van der Waals surface area contributed by atoms with Gasteiger partial charge in [-0.1, -0.05) is 11.6 Å². The minimum Gasteiger partial charge on any atom is -0.256 e. The van der Waals surface area contributed by atoms with Gasteiger partial charge in [0.15, 0.2) is 5.82 Å². The number of hydrogen-bond acceptors (Lipinski definition) is 2. The fourth-order valence-electron chi connectivity index (χ4n) is 0.919. The van der Waals surface area contributed by atoms with Gasteiger partial charge in [0.05, 0.1) is 35.0 Å². The van der Waals surface area contributed by atoms with Crippen molar-refractivity contribution in [3.05, 3.63) is 28.3 Å². The first kappa shape index (κ1) is 10.8. The average Bonchev–Trinajstić information content (AvgIpc) is 2.10. The van der Waals surface area contributed by atoms with Crippen LogP contribution in [-0.2, 0) is 6.42 Å². The van der Waals surface area contributed by atoms with Crippen molar-refractivity contribution in [2.24, 2.45) is 0 Å². The zero-order valence-electron chi connectivity index (χ0n) is 6.77. The largest absolute Gasteiger partial charge is 0.268 e. The summed E-state index contributed by atoms with van der Waals surface area (Å²) in [5, 5.41) is 7.84. The number of alkyl halides is 2. The second-order valence-electron chi connectivity index (χ2n) is 2.42. The van der Waals surface area contributed by atoms with Crippen LogP contribution in [0.15, 0.2) is 6.20 Å². The van der Waals surface area contributed by atoms with E-state index in [0.29, 0.717) is 6.20 Å². The van der Waals surface area contributed by atoms with Gasteiger partial charge in [-0.2, -0.15) is 5.26 Å². The summed E-state index contributed by atoms with van der Waals surface area (Å²) in [5.74, 6) is -1.16. The molecule has 0 saturated heterocycles. The zero-order valence-corrected chi connectivity index (χ0v) is 7.52. The van der Waals surface area contributed by atoms with Crippen LogP contribution < -0.4 is 0 Å². The van der Waals surface area contributed by atoms with E-state index >= 15 is 0 Å². The summed E-state index contributed by atoms with van der Waals surface area (Å²) in [4.78, 5) is 3.45. The molecule has 0 unspecified atom stereocenters. The molecular weight excluding hydrogens is 217 g/mol. The van der Waals surface area contributed by atoms with Crippen LogP contribution in [-0.4, -0.2) is 4.98 Å². The Bertz CT molecular complexity index is 387. The van der Waals surface area contributed by atoms with Gasteiger partial charge in [-0.3, -0.25) is 4.98 Å². The predicted molar refractivity (Wildman–Crippen MR) is 43.5 cm³/mol. The normalized spacial score (nSPS) is 10.3. The maximum atomic E-state index is 12.8. The van der Waals surface area contributed by atoms with Crippen molar-refractivity contribution < 1.29 is 13.2 Å². The summed E-state index contributed by atoms with van der Waals surface area (Å²) in [6.07, 6.45) is -2.60. The van der Waals surface area contributed by atoms with Gasteiger partial charge in [0.1, 0.15) is 0 Å². The Morgan fingerprint density at radius 3 is 2.71 bits per heavy atom. The second-order valence-corrected chi connectivity index (χ2v) is 2.79. The number of nitriles is 1. The van der Waals surface area contributed by atoms with Gasteiger partial charge in [0, 0.05) is 0 Å². The van der Waals surface area contributed by atoms with Crippen molar-refractivity contribution in [3.63, 3.8) is 0 Å². The first-order chi connectivity index (χ1) is 6.57. The molecule has 0 aliphatic rings. The highest BCUT2D eigenvalue weighted by atomic mass is 35.5. The van der Waals surface area contributed by atoms with Crippen LogP contribution >= 0.6 is 11.6 Å². The molecule has 1 aromatic heterocycles. The summed E-state index contributed by atoms with van der Waals surface area (Å²) in [6, 6.07) is 1.70. The lowest BCUT2D eigenvalue weighted by Crippen LogP contribution is -1.99. The molecule has 74 valence electrons. The Hall–Kier alpha value is -1.28. The van der Waals surface area contributed by atoms with Crippen LogP contribution in [0.5, 0.6) is 0 Å². The Labute approximate surface area is 82.9 Å². The van der Waals surface area contributed by atoms with Crippen molar-refractivity contribution >= 4 is 11.6 Å². The van der Waals surface area contributed by atoms with E-state index in [0.717, 1.165) is 0 Å². The summed E-state index contributed by atoms with van der Waals surface area (Å²) in [5.41, 5.74) is -0.933. The number of hydrogen-bond donors (Lipinski definition) is 0. The molecule has 0 amide bonds. The van der Waals surface area contributed by atoms with E-state index in [9.17, 15) is 13.2 Å². The van der Waals surface area contributed by atoms with Crippen LogP contribution in [0.1, 0.15) is 17.7 Å². The second kappa shape index (κ2) is 4.29. The molecule has 0 aromatic carbocycles. The van der Waals surface area contributed by atoms with Crippen molar-refractivity contribution in [3.8, 4) is 6.07 Å². The van der Waals surface area contributed by atoms with Gasteiger partial charge in [-0.05, 0) is 0 Å². The van der Waals surface area contributed by atoms with E-state index in [1.54, 1.807) is 6.07 Å². The highest BCUT2D eigenvalue weighted by Crippen LogP contribution is 2.30. The maximum absolute atomic E-state index is 12.8. The number of aromatic nitrogens is 1. The number of nitrogens with zero attached hydrogens (tertiary/aromatic N) is 2. The van der Waals surface area contributed by atoms with Crippen molar-refractivity contribution in [2.45, 2.75) is 12.8 Å². The summed E-state index contributed by atoms with van der Waals surface area (Å²) < 4.78 is 37.4. The van der Waals surface area contributed by atoms with Gasteiger partial charge < -0.3 is 0 Å². The van der Waals surface area contributed by atoms with Crippen molar-refractivity contribution in [2.75, 3.05) is 0 Å². The average molecular weight is 221 g/mol. The fourth-order valence-corrected chi connectivity index (χ4v) is 1.21. The molecule has 0 fully saturated rings. The number of rotatable bonds is 2. The van der Waals surface area contributed by atoms with Crippen LogP contribution in [0.2, 0.25) is 5.02 Å². The summed E-state index contributed by atoms with van der Waals surface area (Å²) in [7, 11) is 0. The highest BCUT2D eigenvalue weighted by molar-refractivity contribution is 6.32. The lowest BCUT2D eigenvalue weighted by atomic mass is 10.2. The van der Waals surface area contributed by atoms with Gasteiger partial charge in [-0.25, -0.2) is 13.2 Å². The molecule has 6 heteroatoms. The Morgan fingerprint density at radius 2 is 2.21 bits per heavy atom. The lowest BCUT2D eigenvalue weighted by Gasteiger charge is -2.06. The monoisotopic (exact) mass is 220 g/mol. The van der Waals surface area contributed by atoms with Crippen LogP contribution in [0.3, 0.4) is 0 Å². The fraction of sp³-hybridized carbons (Fsp3) is 0.250. The van der Waals surface area contributed by atoms with E-state index < -0.39 is 22.8 Å². The minimum absolute atomic E-state index is 0.0362. The molecular formula is C8H4ClF3N2. The topological polar surface area (TPSA) is 36.7 Å². The molecule has 0 N–H and O–H groups in total. The third-order valence-electron chi connectivity index (χ3n) is 1.55. The number of pyridine rings is 1. The van der Waals surface area contributed by atoms with Gasteiger partial charge >= 0.3 is 0 Å². The third kappa shape index (κ3) is 1.96. The van der Waals surface area contributed by atoms with Gasteiger partial charge in [0.2, 0.25) is 0 Å². The van der Waals surface area contributed by atoms with E-state index in [1.807, 2.05) is 0 Å². The van der Waals surface area contributed by atoms with Crippen LogP contribution in [0.4, 0.5) is 13.2 Å². The molecule has 0 spiro atoms. The van der Waals surface area contributed by atoms with Crippen LogP contribution in [0.25, 0.3) is 0 Å². The highest BCUT2D eigenvalue weighted by Gasteiger charge is 2.20. The van der Waals surface area contributed by atoms with E-state index in [4.69, 9.17) is 16.9 Å². The lowest BCUT2D eigenvalue weighted by molar-refractivity contribution is 0.146. The van der Waals surface area contributed by atoms with E-state index in [1.165, 1.54) is 0 Å². The molecule has 14 heavy (non-hydrogen) atoms. The molecule has 1 aromatic rings. The van der Waals surface area contributed by atoms with Crippen molar-refractivity contribution in [1.29, 1.82) is 5.26 Å². The zero-order chi connectivity index (χ0) is 10.7. The first-order valence-electron chi connectivity index (χ1n) is 3.55. The molecule has 0 bridgehead atoms. The number of halogens is 4. The van der Waals surface area contributed by atoms with Gasteiger partial charge in [-0.15, -0.1) is 0 Å². The maximum Gasteiger partial charge on any atom is 0.268 e. The quantitative estimate of drug-likeness (QED) is 0.768. The first-order valence-corrected chi connectivity index (χ1v) is 3.93. The molecule has 1 heterocycles. The molecule has 0 saturated carbocycles. The van der Waals surface area contributed by atoms with E-state index in [-0.39, 0.29) is 12.1 Å². The standard InChI is InChI=1S/C8H4ClF3N2/c9-7-5(1-2-13)14-3-4(10)6(7)8(11)12/h3,8H,1H2. The summed E-state index contributed by atoms with van der Waals surface area (Å²) in [6.45, 7) is 0. The predicted octanol–water partition coefficient (Wildman–Crippen LogP) is 2.88. The smallest absolute Gasteiger partial charge is 0.256 e. The molecule has 2 nitrogen and oxygen atoms in total. The van der Waals surface area contributed by atoms with E-state index in [2.05, 4.69) is 4.98 Å². The molecule has 0 radical (unpaired) electrons. The Morgan fingerprint density at radius 1 is 1.57 bits per heavy atom. The Kier molecular flexibility index (Phi) is 3.31. The third-order valence-corrected chi connectivity index (χ3v) is 1.97. The van der Waals surface area contributed by atoms with Crippen molar-refractivity contribution in [1.82, 2.24) is 4.98 Å². The van der Waals surface area contributed by atoms with Gasteiger partial charge in [0.25, 0.3) is 6.43 Å². The summed E-state index contributed by atoms with van der Waals surface area (Å²) >= 11 is 5.45.